The highest BCUT2D eigenvalue weighted by Crippen LogP contribution is 2.25. The van der Waals surface area contributed by atoms with E-state index in [0.717, 1.165) is 16.9 Å². The van der Waals surface area contributed by atoms with Crippen LogP contribution in [0.1, 0.15) is 5.56 Å². The molecule has 2 aromatic carbocycles. The number of ether oxygens (including phenoxy) is 1. The molecule has 0 bridgehead atoms. The molecule has 0 fully saturated rings. The first-order valence-corrected chi connectivity index (χ1v) is 5.18. The minimum absolute atomic E-state index is 0.498. The number of methoxy groups -OCH3 is 1. The van der Waals surface area contributed by atoms with Gasteiger partial charge in [0.1, 0.15) is 11.8 Å². The van der Waals surface area contributed by atoms with Crippen LogP contribution in [-0.2, 0) is 0 Å². The molecule has 17 heavy (non-hydrogen) atoms. The number of hydrogen-bond donors (Lipinski definition) is 1. The normalized spacial score (nSPS) is 9.65. The molecule has 0 aliphatic carbocycles. The van der Waals surface area contributed by atoms with Crippen LogP contribution >= 0.6 is 0 Å². The first-order valence-electron chi connectivity index (χ1n) is 5.18. The van der Waals surface area contributed by atoms with Crippen LogP contribution in [-0.4, -0.2) is 7.11 Å². The van der Waals surface area contributed by atoms with Gasteiger partial charge in [0.2, 0.25) is 0 Å². The number of nitrogens with two attached hydrogens (primary N) is 1. The van der Waals surface area contributed by atoms with Crippen molar-refractivity contribution in [3.63, 3.8) is 0 Å². The fourth-order valence-electron chi connectivity index (χ4n) is 1.62. The Morgan fingerprint density at radius 1 is 1.06 bits per heavy atom. The van der Waals surface area contributed by atoms with Crippen LogP contribution < -0.4 is 10.5 Å². The van der Waals surface area contributed by atoms with Crippen LogP contribution in [0.15, 0.2) is 42.5 Å². The predicted molar refractivity (Wildman–Crippen MR) is 67.6 cm³/mol. The van der Waals surface area contributed by atoms with E-state index >= 15 is 0 Å². The average molecular weight is 224 g/mol. The zero-order chi connectivity index (χ0) is 12.3. The molecule has 2 N–H and O–H groups in total. The fourth-order valence-corrected chi connectivity index (χ4v) is 1.62. The lowest BCUT2D eigenvalue weighted by Crippen LogP contribution is -1.90. The molecule has 3 heteroatoms. The second-order valence-corrected chi connectivity index (χ2v) is 3.64. The minimum atomic E-state index is 0.498. The number of hydrogen-bond acceptors (Lipinski definition) is 3. The molecule has 0 aliphatic rings. The number of nitrogen functional groups attached to an aromatic ring is 1. The van der Waals surface area contributed by atoms with Crippen molar-refractivity contribution in [2.75, 3.05) is 12.8 Å². The van der Waals surface area contributed by atoms with Crippen molar-refractivity contribution in [2.24, 2.45) is 0 Å². The summed E-state index contributed by atoms with van der Waals surface area (Å²) in [7, 11) is 1.63. The summed E-state index contributed by atoms with van der Waals surface area (Å²) in [6, 6.07) is 15.2. The predicted octanol–water partition coefficient (Wildman–Crippen LogP) is 2.82. The summed E-state index contributed by atoms with van der Waals surface area (Å²) in [6.07, 6.45) is 0. The molecule has 3 nitrogen and oxygen atoms in total. The van der Waals surface area contributed by atoms with Crippen molar-refractivity contribution < 1.29 is 4.74 Å². The van der Waals surface area contributed by atoms with E-state index < -0.39 is 0 Å². The second kappa shape index (κ2) is 4.58. The van der Waals surface area contributed by atoms with Crippen molar-refractivity contribution in [3.8, 4) is 22.9 Å². The highest BCUT2D eigenvalue weighted by atomic mass is 16.5. The topological polar surface area (TPSA) is 59.0 Å². The van der Waals surface area contributed by atoms with Crippen LogP contribution in [0.2, 0.25) is 0 Å². The van der Waals surface area contributed by atoms with Gasteiger partial charge < -0.3 is 10.5 Å². The maximum absolute atomic E-state index is 8.92. The summed E-state index contributed by atoms with van der Waals surface area (Å²) < 4.78 is 5.10. The van der Waals surface area contributed by atoms with E-state index in [0.29, 0.717) is 11.3 Å². The molecule has 84 valence electrons. The lowest BCUT2D eigenvalue weighted by molar-refractivity contribution is 0.415. The van der Waals surface area contributed by atoms with Gasteiger partial charge >= 0.3 is 0 Å². The fraction of sp³-hybridized carbons (Fsp3) is 0.0714. The number of nitrogens with zero attached hydrogens (tertiary/aromatic N) is 1. The van der Waals surface area contributed by atoms with Crippen molar-refractivity contribution in [1.29, 1.82) is 5.26 Å². The number of anilines is 1. The van der Waals surface area contributed by atoms with Gasteiger partial charge in [-0.05, 0) is 35.4 Å². The molecule has 0 aliphatic heterocycles. The lowest BCUT2D eigenvalue weighted by atomic mass is 10.0. The van der Waals surface area contributed by atoms with Gasteiger partial charge in [-0.2, -0.15) is 5.26 Å². The van der Waals surface area contributed by atoms with Crippen LogP contribution in [0.4, 0.5) is 5.69 Å². The van der Waals surface area contributed by atoms with E-state index in [1.807, 2.05) is 30.3 Å². The van der Waals surface area contributed by atoms with Crippen molar-refractivity contribution >= 4 is 5.69 Å². The molecule has 2 rings (SSSR count). The zero-order valence-electron chi connectivity index (χ0n) is 9.47. The van der Waals surface area contributed by atoms with E-state index in [4.69, 9.17) is 15.7 Å². The Balaban J connectivity index is 2.43. The molecular formula is C14H12N2O. The Kier molecular flexibility index (Phi) is 2.97. The lowest BCUT2D eigenvalue weighted by Gasteiger charge is -2.05. The first-order chi connectivity index (χ1) is 8.24. The largest absolute Gasteiger partial charge is 0.497 e. The Labute approximate surface area is 100 Å². The Bertz CT molecular complexity index is 568. The van der Waals surface area contributed by atoms with E-state index in [1.165, 1.54) is 0 Å². The Morgan fingerprint density at radius 3 is 2.29 bits per heavy atom. The minimum Gasteiger partial charge on any atom is -0.497 e. The summed E-state index contributed by atoms with van der Waals surface area (Å²) >= 11 is 0. The van der Waals surface area contributed by atoms with E-state index in [9.17, 15) is 0 Å². The van der Waals surface area contributed by atoms with Gasteiger partial charge in [-0.1, -0.05) is 18.2 Å². The van der Waals surface area contributed by atoms with Gasteiger partial charge in [0.15, 0.2) is 0 Å². The third-order valence-corrected chi connectivity index (χ3v) is 2.60. The molecular weight excluding hydrogens is 212 g/mol. The summed E-state index contributed by atoms with van der Waals surface area (Å²) in [5, 5.41) is 8.92. The third kappa shape index (κ3) is 2.21. The smallest absolute Gasteiger partial charge is 0.118 e. The summed E-state index contributed by atoms with van der Waals surface area (Å²) in [5.74, 6) is 0.810. The van der Waals surface area contributed by atoms with Crippen LogP contribution in [0.5, 0.6) is 5.75 Å². The number of nitriles is 1. The monoisotopic (exact) mass is 224 g/mol. The maximum Gasteiger partial charge on any atom is 0.118 e. The van der Waals surface area contributed by atoms with Crippen molar-refractivity contribution in [3.05, 3.63) is 48.0 Å². The third-order valence-electron chi connectivity index (χ3n) is 2.60. The Morgan fingerprint density at radius 2 is 1.71 bits per heavy atom. The number of benzene rings is 2. The highest BCUT2D eigenvalue weighted by molar-refractivity contribution is 5.70. The highest BCUT2D eigenvalue weighted by Gasteiger charge is 2.02. The van der Waals surface area contributed by atoms with Crippen LogP contribution in [0.3, 0.4) is 0 Å². The first kappa shape index (κ1) is 11.0. The molecule has 0 saturated carbocycles. The molecule has 0 saturated heterocycles. The molecule has 0 unspecified atom stereocenters. The molecule has 0 atom stereocenters. The van der Waals surface area contributed by atoms with Crippen LogP contribution in [0, 0.1) is 11.3 Å². The second-order valence-electron chi connectivity index (χ2n) is 3.64. The zero-order valence-corrected chi connectivity index (χ0v) is 9.47. The van der Waals surface area contributed by atoms with Gasteiger partial charge in [-0.3, -0.25) is 0 Å². The van der Waals surface area contributed by atoms with E-state index in [2.05, 4.69) is 6.07 Å². The quantitative estimate of drug-likeness (QED) is 0.798. The van der Waals surface area contributed by atoms with Crippen molar-refractivity contribution in [2.45, 2.75) is 0 Å². The van der Waals surface area contributed by atoms with Gasteiger partial charge in [0, 0.05) is 5.69 Å². The SMILES string of the molecule is COc1ccc(-c2ccc(N)c(C#N)c2)cc1. The Hall–Kier alpha value is -2.47. The summed E-state index contributed by atoms with van der Waals surface area (Å²) in [4.78, 5) is 0. The van der Waals surface area contributed by atoms with Gasteiger partial charge in [-0.15, -0.1) is 0 Å². The van der Waals surface area contributed by atoms with E-state index in [1.54, 1.807) is 19.2 Å². The van der Waals surface area contributed by atoms with Gasteiger partial charge in [0.25, 0.3) is 0 Å². The summed E-state index contributed by atoms with van der Waals surface area (Å²) in [5.41, 5.74) is 8.68. The molecule has 0 amide bonds. The van der Waals surface area contributed by atoms with Gasteiger partial charge in [-0.25, -0.2) is 0 Å². The molecule has 0 radical (unpaired) electrons. The maximum atomic E-state index is 8.92. The summed E-state index contributed by atoms with van der Waals surface area (Å²) in [6.45, 7) is 0. The van der Waals surface area contributed by atoms with Crippen LogP contribution in [0.25, 0.3) is 11.1 Å². The number of rotatable bonds is 2. The molecule has 2 aromatic rings. The standard InChI is InChI=1S/C14H12N2O/c1-17-13-5-2-10(3-6-13)11-4-7-14(16)12(8-11)9-15/h2-8H,16H2,1H3. The van der Waals surface area contributed by atoms with Gasteiger partial charge in [0.05, 0.1) is 12.7 Å². The average Bonchev–Trinajstić information content (AvgIpc) is 2.39. The van der Waals surface area contributed by atoms with Crippen molar-refractivity contribution in [1.82, 2.24) is 0 Å². The van der Waals surface area contributed by atoms with E-state index in [-0.39, 0.29) is 0 Å². The molecule has 0 heterocycles. The molecule has 0 spiro atoms. The molecule has 0 aromatic heterocycles.